The summed E-state index contributed by atoms with van der Waals surface area (Å²) in [6.45, 7) is 0.681. The highest BCUT2D eigenvalue weighted by molar-refractivity contribution is 5.73. The molecular weight excluding hydrogens is 275 g/mol. The van der Waals surface area contributed by atoms with Crippen LogP contribution in [0.5, 0.6) is 5.75 Å². The van der Waals surface area contributed by atoms with Crippen molar-refractivity contribution in [2.24, 2.45) is 0 Å². The summed E-state index contributed by atoms with van der Waals surface area (Å²) >= 11 is 0. The first-order chi connectivity index (χ1) is 9.37. The summed E-state index contributed by atoms with van der Waals surface area (Å²) in [6.07, 6.45) is -3.52. The Morgan fingerprint density at radius 3 is 2.75 bits per heavy atom. The molecule has 1 unspecified atom stereocenters. The molecule has 1 aliphatic rings. The lowest BCUT2D eigenvalue weighted by Crippen LogP contribution is -2.35. The maximum atomic E-state index is 12.3. The maximum absolute atomic E-state index is 12.3. The second kappa shape index (κ2) is 5.70. The number of alkyl halides is 3. The summed E-state index contributed by atoms with van der Waals surface area (Å²) in [5.41, 5.74) is 0.331. The second-order valence-corrected chi connectivity index (χ2v) is 4.62. The minimum Gasteiger partial charge on any atom is -0.480 e. The number of nitrogens with zero attached hydrogens (tertiary/aromatic N) is 1. The van der Waals surface area contributed by atoms with E-state index in [0.717, 1.165) is 6.42 Å². The number of ether oxygens (including phenoxy) is 1. The normalized spacial score (nSPS) is 20.1. The number of carbonyl (C=O) groups is 1. The first-order valence-electron chi connectivity index (χ1n) is 6.17. The number of hydrogen-bond donors (Lipinski definition) is 1. The topological polar surface area (TPSA) is 49.8 Å². The minimum absolute atomic E-state index is 0.128. The van der Waals surface area contributed by atoms with Crippen molar-refractivity contribution in [1.29, 1.82) is 0 Å². The van der Waals surface area contributed by atoms with Crippen LogP contribution in [0.15, 0.2) is 24.3 Å². The van der Waals surface area contributed by atoms with E-state index < -0.39 is 18.4 Å². The smallest absolute Gasteiger partial charge is 0.480 e. The van der Waals surface area contributed by atoms with E-state index in [0.29, 0.717) is 18.5 Å². The molecule has 1 fully saturated rings. The van der Waals surface area contributed by atoms with E-state index in [1.165, 1.54) is 18.2 Å². The van der Waals surface area contributed by atoms with Gasteiger partial charge < -0.3 is 9.84 Å². The number of para-hydroxylation sites is 1. The molecule has 2 rings (SSSR count). The quantitative estimate of drug-likeness (QED) is 0.925. The number of carboxylic acid groups (broad SMARTS) is 1. The summed E-state index contributed by atoms with van der Waals surface area (Å²) in [5, 5.41) is 9.06. The Labute approximate surface area is 113 Å². The summed E-state index contributed by atoms with van der Waals surface area (Å²) in [6, 6.07) is 5.15. The van der Waals surface area contributed by atoms with Gasteiger partial charge >= 0.3 is 12.3 Å². The standard InChI is InChI=1S/C13H14F3NO3/c14-13(15,16)20-11-6-2-1-4-9(11)8-17-7-3-5-10(17)12(18)19/h1-2,4,6,10H,3,5,7-8H2,(H,18,19). The zero-order chi connectivity index (χ0) is 14.8. The van der Waals surface area contributed by atoms with Crippen LogP contribution in [0.4, 0.5) is 13.2 Å². The van der Waals surface area contributed by atoms with Gasteiger partial charge in [0.1, 0.15) is 11.8 Å². The van der Waals surface area contributed by atoms with E-state index in [1.807, 2.05) is 0 Å². The van der Waals surface area contributed by atoms with Gasteiger partial charge in [-0.25, -0.2) is 0 Å². The van der Waals surface area contributed by atoms with Crippen LogP contribution in [-0.4, -0.2) is 34.9 Å². The Morgan fingerprint density at radius 2 is 2.10 bits per heavy atom. The molecule has 1 heterocycles. The van der Waals surface area contributed by atoms with Crippen molar-refractivity contribution >= 4 is 5.97 Å². The zero-order valence-corrected chi connectivity index (χ0v) is 10.6. The predicted molar refractivity (Wildman–Crippen MR) is 64.2 cm³/mol. The molecule has 1 atom stereocenters. The predicted octanol–water partition coefficient (Wildman–Crippen LogP) is 2.63. The van der Waals surface area contributed by atoms with Crippen molar-refractivity contribution < 1.29 is 27.8 Å². The Hall–Kier alpha value is -1.76. The molecular formula is C13H14F3NO3. The van der Waals surface area contributed by atoms with Gasteiger partial charge in [0.2, 0.25) is 0 Å². The highest BCUT2D eigenvalue weighted by atomic mass is 19.4. The van der Waals surface area contributed by atoms with Crippen LogP contribution in [-0.2, 0) is 11.3 Å². The van der Waals surface area contributed by atoms with Crippen LogP contribution in [0.1, 0.15) is 18.4 Å². The average Bonchev–Trinajstić information content (AvgIpc) is 2.78. The number of halogens is 3. The number of likely N-dealkylation sites (tertiary alicyclic amines) is 1. The van der Waals surface area contributed by atoms with Crippen LogP contribution in [0.3, 0.4) is 0 Å². The van der Waals surface area contributed by atoms with Gasteiger partial charge in [-0.3, -0.25) is 9.69 Å². The Kier molecular flexibility index (Phi) is 4.17. The molecule has 1 aliphatic heterocycles. The van der Waals surface area contributed by atoms with Crippen LogP contribution in [0.2, 0.25) is 0 Å². The van der Waals surface area contributed by atoms with Crippen LogP contribution < -0.4 is 4.74 Å². The molecule has 7 heteroatoms. The average molecular weight is 289 g/mol. The third kappa shape index (κ3) is 3.63. The van der Waals surface area contributed by atoms with Crippen molar-refractivity contribution in [2.75, 3.05) is 6.54 Å². The molecule has 0 aromatic heterocycles. The molecule has 110 valence electrons. The first kappa shape index (κ1) is 14.6. The van der Waals surface area contributed by atoms with Gasteiger partial charge in [-0.05, 0) is 25.5 Å². The lowest BCUT2D eigenvalue weighted by Gasteiger charge is -2.22. The van der Waals surface area contributed by atoms with Gasteiger partial charge in [-0.1, -0.05) is 18.2 Å². The van der Waals surface area contributed by atoms with Crippen molar-refractivity contribution in [3.8, 4) is 5.75 Å². The second-order valence-electron chi connectivity index (χ2n) is 4.62. The van der Waals surface area contributed by atoms with Crippen LogP contribution in [0.25, 0.3) is 0 Å². The maximum Gasteiger partial charge on any atom is 0.573 e. The summed E-state index contributed by atoms with van der Waals surface area (Å²) < 4.78 is 40.9. The minimum atomic E-state index is -4.76. The third-order valence-corrected chi connectivity index (χ3v) is 3.22. The van der Waals surface area contributed by atoms with Crippen molar-refractivity contribution in [3.63, 3.8) is 0 Å². The van der Waals surface area contributed by atoms with E-state index in [4.69, 9.17) is 5.11 Å². The highest BCUT2D eigenvalue weighted by Gasteiger charge is 2.34. The molecule has 1 saturated heterocycles. The Bertz CT molecular complexity index is 490. The molecule has 0 saturated carbocycles. The van der Waals surface area contributed by atoms with E-state index >= 15 is 0 Å². The molecule has 0 aliphatic carbocycles. The molecule has 1 aromatic carbocycles. The SMILES string of the molecule is O=C(O)C1CCCN1Cc1ccccc1OC(F)(F)F. The van der Waals surface area contributed by atoms with E-state index in [9.17, 15) is 18.0 Å². The Morgan fingerprint density at radius 1 is 1.40 bits per heavy atom. The lowest BCUT2D eigenvalue weighted by atomic mass is 10.1. The summed E-state index contributed by atoms with van der Waals surface area (Å²) in [4.78, 5) is 12.7. The fraction of sp³-hybridized carbons (Fsp3) is 0.462. The molecule has 0 radical (unpaired) electrons. The van der Waals surface area contributed by atoms with E-state index in [1.54, 1.807) is 11.0 Å². The first-order valence-corrected chi connectivity index (χ1v) is 6.17. The van der Waals surface area contributed by atoms with E-state index in [-0.39, 0.29) is 12.3 Å². The fourth-order valence-corrected chi connectivity index (χ4v) is 2.37. The Balaban J connectivity index is 2.15. The highest BCUT2D eigenvalue weighted by Crippen LogP contribution is 2.29. The van der Waals surface area contributed by atoms with Gasteiger partial charge in [0, 0.05) is 12.1 Å². The molecule has 20 heavy (non-hydrogen) atoms. The van der Waals surface area contributed by atoms with Gasteiger partial charge in [0.15, 0.2) is 0 Å². The zero-order valence-electron chi connectivity index (χ0n) is 10.6. The number of benzene rings is 1. The number of aliphatic carboxylic acids is 1. The van der Waals surface area contributed by atoms with Gasteiger partial charge in [0.25, 0.3) is 0 Å². The van der Waals surface area contributed by atoms with Crippen molar-refractivity contribution in [3.05, 3.63) is 29.8 Å². The van der Waals surface area contributed by atoms with Crippen LogP contribution >= 0.6 is 0 Å². The van der Waals surface area contributed by atoms with Crippen molar-refractivity contribution in [2.45, 2.75) is 31.8 Å². The number of carboxylic acids is 1. The lowest BCUT2D eigenvalue weighted by molar-refractivity contribution is -0.275. The van der Waals surface area contributed by atoms with Gasteiger partial charge in [0.05, 0.1) is 0 Å². The number of rotatable bonds is 4. The van der Waals surface area contributed by atoms with Gasteiger partial charge in [-0.15, -0.1) is 13.2 Å². The fourth-order valence-electron chi connectivity index (χ4n) is 2.37. The van der Waals surface area contributed by atoms with E-state index in [2.05, 4.69) is 4.74 Å². The van der Waals surface area contributed by atoms with Crippen LogP contribution in [0, 0.1) is 0 Å². The summed E-state index contributed by atoms with van der Waals surface area (Å²) in [7, 11) is 0. The molecule has 4 nitrogen and oxygen atoms in total. The molecule has 1 aromatic rings. The third-order valence-electron chi connectivity index (χ3n) is 3.22. The number of hydrogen-bond acceptors (Lipinski definition) is 3. The monoisotopic (exact) mass is 289 g/mol. The molecule has 0 bridgehead atoms. The molecule has 1 N–H and O–H groups in total. The molecule has 0 spiro atoms. The molecule has 0 amide bonds. The largest absolute Gasteiger partial charge is 0.573 e. The summed E-state index contributed by atoms with van der Waals surface area (Å²) in [5.74, 6) is -1.23. The van der Waals surface area contributed by atoms with Crippen molar-refractivity contribution in [1.82, 2.24) is 4.90 Å². The van der Waals surface area contributed by atoms with Gasteiger partial charge in [-0.2, -0.15) is 0 Å².